The summed E-state index contributed by atoms with van der Waals surface area (Å²) in [5, 5.41) is 3.30. The number of aromatic nitrogens is 2. The molecule has 0 amide bonds. The molecule has 0 spiro atoms. The van der Waals surface area contributed by atoms with Gasteiger partial charge in [-0.1, -0.05) is 42.5 Å². The van der Waals surface area contributed by atoms with Crippen LogP contribution >= 0.6 is 0 Å². The number of benzene rings is 2. The van der Waals surface area contributed by atoms with Crippen LogP contribution < -0.4 is 10.1 Å². The molecule has 2 aromatic heterocycles. The molecule has 1 aliphatic heterocycles. The first-order chi connectivity index (χ1) is 13.8. The molecule has 5 nitrogen and oxygen atoms in total. The standard InChI is InChI=1S/C23H20N4O/c1-28-21-5-3-2-4-19(21)18-10-11-22-26-20(15-27(22)14-18)16-6-8-17(9-7-16)23-24-12-13-25-23/h2-11,14-15H,12-13H2,1H3,(H,24,25). The van der Waals surface area contributed by atoms with Gasteiger partial charge in [-0.15, -0.1) is 0 Å². The van der Waals surface area contributed by atoms with Crippen LogP contribution in [0, 0.1) is 0 Å². The van der Waals surface area contributed by atoms with E-state index in [2.05, 4.69) is 63.5 Å². The van der Waals surface area contributed by atoms with Gasteiger partial charge in [0.1, 0.15) is 17.2 Å². The third-order valence-electron chi connectivity index (χ3n) is 5.00. The van der Waals surface area contributed by atoms with E-state index in [1.54, 1.807) is 7.11 Å². The van der Waals surface area contributed by atoms with E-state index < -0.39 is 0 Å². The molecule has 5 heteroatoms. The molecule has 0 saturated heterocycles. The molecule has 1 N–H and O–H groups in total. The summed E-state index contributed by atoms with van der Waals surface area (Å²) in [4.78, 5) is 9.24. The average molecular weight is 368 g/mol. The number of hydrogen-bond donors (Lipinski definition) is 1. The normalized spacial score (nSPS) is 13.4. The van der Waals surface area contributed by atoms with Crippen LogP contribution in [0.4, 0.5) is 0 Å². The Morgan fingerprint density at radius 1 is 0.893 bits per heavy atom. The summed E-state index contributed by atoms with van der Waals surface area (Å²) in [7, 11) is 1.70. The Labute approximate surface area is 163 Å². The second-order valence-corrected chi connectivity index (χ2v) is 6.74. The average Bonchev–Trinajstić information content (AvgIpc) is 3.43. The fraction of sp³-hybridized carbons (Fsp3) is 0.130. The maximum Gasteiger partial charge on any atom is 0.137 e. The minimum absolute atomic E-state index is 0.845. The number of ether oxygens (including phenoxy) is 1. The number of para-hydroxylation sites is 1. The zero-order valence-electron chi connectivity index (χ0n) is 15.6. The number of methoxy groups -OCH3 is 1. The number of nitrogens with zero attached hydrogens (tertiary/aromatic N) is 3. The first-order valence-corrected chi connectivity index (χ1v) is 9.33. The Hall–Kier alpha value is -3.60. The molecular formula is C23H20N4O. The van der Waals surface area contributed by atoms with Gasteiger partial charge in [0, 0.05) is 41.2 Å². The highest BCUT2D eigenvalue weighted by Crippen LogP contribution is 2.30. The monoisotopic (exact) mass is 368 g/mol. The van der Waals surface area contributed by atoms with Crippen molar-refractivity contribution in [1.29, 1.82) is 0 Å². The molecule has 0 atom stereocenters. The third kappa shape index (κ3) is 2.91. The van der Waals surface area contributed by atoms with Gasteiger partial charge >= 0.3 is 0 Å². The SMILES string of the molecule is COc1ccccc1-c1ccc2nc(-c3ccc(C4=NCCN4)cc3)cn2c1. The quantitative estimate of drug-likeness (QED) is 0.592. The smallest absolute Gasteiger partial charge is 0.137 e. The molecule has 0 fully saturated rings. The van der Waals surface area contributed by atoms with Crippen LogP contribution in [0.5, 0.6) is 5.75 Å². The molecule has 28 heavy (non-hydrogen) atoms. The molecule has 4 aromatic rings. The van der Waals surface area contributed by atoms with Gasteiger partial charge < -0.3 is 14.5 Å². The molecule has 0 unspecified atom stereocenters. The Morgan fingerprint density at radius 2 is 1.68 bits per heavy atom. The van der Waals surface area contributed by atoms with E-state index in [1.807, 2.05) is 24.3 Å². The Bertz CT molecular complexity index is 1170. The molecule has 0 radical (unpaired) electrons. The van der Waals surface area contributed by atoms with Crippen molar-refractivity contribution < 1.29 is 4.74 Å². The molecule has 5 rings (SSSR count). The van der Waals surface area contributed by atoms with Crippen LogP contribution in [0.1, 0.15) is 5.56 Å². The largest absolute Gasteiger partial charge is 0.496 e. The number of imidazole rings is 1. The van der Waals surface area contributed by atoms with Gasteiger partial charge in [-0.3, -0.25) is 4.99 Å². The lowest BCUT2D eigenvalue weighted by Gasteiger charge is -2.08. The minimum Gasteiger partial charge on any atom is -0.496 e. The van der Waals surface area contributed by atoms with Gasteiger partial charge in [0.2, 0.25) is 0 Å². The summed E-state index contributed by atoms with van der Waals surface area (Å²) in [5.41, 5.74) is 6.23. The highest BCUT2D eigenvalue weighted by atomic mass is 16.5. The predicted molar refractivity (Wildman–Crippen MR) is 112 cm³/mol. The van der Waals surface area contributed by atoms with Gasteiger partial charge in [0.05, 0.1) is 19.3 Å². The molecule has 0 bridgehead atoms. The number of hydrogen-bond acceptors (Lipinski definition) is 4. The second kappa shape index (κ2) is 6.85. The Morgan fingerprint density at radius 3 is 2.46 bits per heavy atom. The number of aliphatic imine (C=N–C) groups is 1. The van der Waals surface area contributed by atoms with Crippen molar-refractivity contribution in [3.63, 3.8) is 0 Å². The van der Waals surface area contributed by atoms with E-state index in [0.717, 1.165) is 58.3 Å². The lowest BCUT2D eigenvalue weighted by molar-refractivity contribution is 0.416. The van der Waals surface area contributed by atoms with Gasteiger partial charge in [0.15, 0.2) is 0 Å². The van der Waals surface area contributed by atoms with E-state index in [1.165, 1.54) is 0 Å². The highest BCUT2D eigenvalue weighted by Gasteiger charge is 2.11. The fourth-order valence-corrected chi connectivity index (χ4v) is 3.56. The van der Waals surface area contributed by atoms with Crippen molar-refractivity contribution >= 4 is 11.5 Å². The van der Waals surface area contributed by atoms with E-state index in [0.29, 0.717) is 0 Å². The second-order valence-electron chi connectivity index (χ2n) is 6.74. The zero-order chi connectivity index (χ0) is 18.9. The van der Waals surface area contributed by atoms with Crippen molar-refractivity contribution in [1.82, 2.24) is 14.7 Å². The first-order valence-electron chi connectivity index (χ1n) is 9.33. The van der Waals surface area contributed by atoms with Crippen LogP contribution in [0.15, 0.2) is 78.0 Å². The van der Waals surface area contributed by atoms with Crippen molar-refractivity contribution in [2.45, 2.75) is 0 Å². The number of nitrogens with one attached hydrogen (secondary N) is 1. The lowest BCUT2D eigenvalue weighted by atomic mass is 10.1. The molecular weight excluding hydrogens is 348 g/mol. The summed E-state index contributed by atoms with van der Waals surface area (Å²) in [6.07, 6.45) is 4.16. The summed E-state index contributed by atoms with van der Waals surface area (Å²) in [6.45, 7) is 1.76. The van der Waals surface area contributed by atoms with Crippen LogP contribution in [0.3, 0.4) is 0 Å². The Kier molecular flexibility index (Phi) is 4.05. The summed E-state index contributed by atoms with van der Waals surface area (Å²) >= 11 is 0. The molecule has 2 aromatic carbocycles. The van der Waals surface area contributed by atoms with Gasteiger partial charge in [-0.05, 0) is 18.2 Å². The molecule has 0 saturated carbocycles. The summed E-state index contributed by atoms with van der Waals surface area (Å²) in [6, 6.07) is 20.5. The van der Waals surface area contributed by atoms with E-state index in [9.17, 15) is 0 Å². The summed E-state index contributed by atoms with van der Waals surface area (Å²) < 4.78 is 7.56. The lowest BCUT2D eigenvalue weighted by Crippen LogP contribution is -2.19. The van der Waals surface area contributed by atoms with Crippen LogP contribution in [-0.2, 0) is 0 Å². The van der Waals surface area contributed by atoms with Crippen LogP contribution in [0.2, 0.25) is 0 Å². The fourth-order valence-electron chi connectivity index (χ4n) is 3.56. The van der Waals surface area contributed by atoms with Gasteiger partial charge in [-0.2, -0.15) is 0 Å². The summed E-state index contributed by atoms with van der Waals surface area (Å²) in [5.74, 6) is 1.84. The maximum absolute atomic E-state index is 5.50. The number of amidine groups is 1. The molecule has 0 aliphatic carbocycles. The van der Waals surface area contributed by atoms with E-state index in [4.69, 9.17) is 9.72 Å². The topological polar surface area (TPSA) is 50.9 Å². The van der Waals surface area contributed by atoms with Crippen LogP contribution in [0.25, 0.3) is 28.0 Å². The van der Waals surface area contributed by atoms with E-state index in [-0.39, 0.29) is 0 Å². The molecule has 138 valence electrons. The molecule has 1 aliphatic rings. The van der Waals surface area contributed by atoms with Crippen molar-refractivity contribution in [2.24, 2.45) is 4.99 Å². The predicted octanol–water partition coefficient (Wildman–Crippen LogP) is 4.03. The number of fused-ring (bicyclic) bond motifs is 1. The number of rotatable bonds is 4. The number of pyridine rings is 1. The van der Waals surface area contributed by atoms with Crippen molar-refractivity contribution in [3.8, 4) is 28.1 Å². The van der Waals surface area contributed by atoms with E-state index >= 15 is 0 Å². The van der Waals surface area contributed by atoms with Gasteiger partial charge in [-0.25, -0.2) is 4.98 Å². The zero-order valence-corrected chi connectivity index (χ0v) is 15.6. The van der Waals surface area contributed by atoms with Crippen molar-refractivity contribution in [2.75, 3.05) is 20.2 Å². The minimum atomic E-state index is 0.845. The maximum atomic E-state index is 5.50. The first kappa shape index (κ1) is 16.6. The van der Waals surface area contributed by atoms with Crippen molar-refractivity contribution in [3.05, 3.63) is 78.6 Å². The molecule has 3 heterocycles. The highest BCUT2D eigenvalue weighted by molar-refractivity contribution is 6.00. The third-order valence-corrected chi connectivity index (χ3v) is 5.00. The van der Waals surface area contributed by atoms with Crippen LogP contribution in [-0.4, -0.2) is 35.4 Å². The van der Waals surface area contributed by atoms with Gasteiger partial charge in [0.25, 0.3) is 0 Å². The Balaban J connectivity index is 1.50.